The van der Waals surface area contributed by atoms with Crippen molar-refractivity contribution in [1.82, 2.24) is 5.48 Å². The lowest BCUT2D eigenvalue weighted by molar-refractivity contribution is -0.156. The van der Waals surface area contributed by atoms with Crippen molar-refractivity contribution in [3.8, 4) is 0 Å². The van der Waals surface area contributed by atoms with E-state index >= 15 is 0 Å². The molecule has 0 aliphatic carbocycles. The first kappa shape index (κ1) is 17.0. The zero-order chi connectivity index (χ0) is 15.7. The summed E-state index contributed by atoms with van der Waals surface area (Å²) in [4.78, 5) is 27.4. The van der Waals surface area contributed by atoms with Gasteiger partial charge in [0.1, 0.15) is 6.61 Å². The van der Waals surface area contributed by atoms with Gasteiger partial charge in [-0.3, -0.25) is 4.84 Å². The minimum Gasteiger partial charge on any atom is -0.479 e. The Morgan fingerprint density at radius 1 is 1.29 bits per heavy atom. The third-order valence-corrected chi connectivity index (χ3v) is 3.09. The molecule has 0 saturated carbocycles. The van der Waals surface area contributed by atoms with Crippen LogP contribution in [0, 0.1) is 5.92 Å². The SMILES string of the molecule is CCC(C)CC(ONC(=O)OCc1ccccc1)C(=O)O. The smallest absolute Gasteiger partial charge is 0.431 e. The van der Waals surface area contributed by atoms with Crippen molar-refractivity contribution in [1.29, 1.82) is 0 Å². The van der Waals surface area contributed by atoms with Crippen LogP contribution in [-0.2, 0) is 21.0 Å². The average Bonchev–Trinajstić information content (AvgIpc) is 2.49. The Morgan fingerprint density at radius 2 is 1.95 bits per heavy atom. The fourth-order valence-electron chi connectivity index (χ4n) is 1.60. The number of nitrogens with one attached hydrogen (secondary N) is 1. The Hall–Kier alpha value is -2.08. The van der Waals surface area contributed by atoms with Crippen LogP contribution in [0.2, 0.25) is 0 Å². The number of hydrogen-bond donors (Lipinski definition) is 2. The van der Waals surface area contributed by atoms with Crippen molar-refractivity contribution in [3.63, 3.8) is 0 Å². The zero-order valence-electron chi connectivity index (χ0n) is 12.2. The molecule has 0 spiro atoms. The van der Waals surface area contributed by atoms with Gasteiger partial charge >= 0.3 is 12.1 Å². The number of carboxylic acid groups (broad SMARTS) is 1. The number of aliphatic carboxylic acids is 1. The highest BCUT2D eigenvalue weighted by molar-refractivity contribution is 5.73. The molecule has 6 heteroatoms. The summed E-state index contributed by atoms with van der Waals surface area (Å²) in [5.74, 6) is -0.924. The maximum Gasteiger partial charge on any atom is 0.431 e. The molecule has 1 aromatic carbocycles. The molecule has 116 valence electrons. The van der Waals surface area contributed by atoms with Crippen molar-refractivity contribution in [3.05, 3.63) is 35.9 Å². The van der Waals surface area contributed by atoms with Gasteiger partial charge in [-0.2, -0.15) is 5.48 Å². The number of carboxylic acids is 1. The lowest BCUT2D eigenvalue weighted by Gasteiger charge is -2.16. The molecule has 6 nitrogen and oxygen atoms in total. The molecule has 0 aliphatic heterocycles. The summed E-state index contributed by atoms with van der Waals surface area (Å²) in [6.07, 6.45) is -0.727. The van der Waals surface area contributed by atoms with Crippen LogP contribution in [0.25, 0.3) is 0 Å². The fourth-order valence-corrected chi connectivity index (χ4v) is 1.60. The third kappa shape index (κ3) is 6.76. The van der Waals surface area contributed by atoms with E-state index in [9.17, 15) is 9.59 Å². The van der Waals surface area contributed by atoms with Gasteiger partial charge in [0, 0.05) is 0 Å². The number of ether oxygens (including phenoxy) is 1. The van der Waals surface area contributed by atoms with Crippen molar-refractivity contribution < 1.29 is 24.3 Å². The highest BCUT2D eigenvalue weighted by Crippen LogP contribution is 2.12. The first-order valence-corrected chi connectivity index (χ1v) is 6.88. The molecule has 1 aromatic rings. The van der Waals surface area contributed by atoms with E-state index in [0.29, 0.717) is 6.42 Å². The van der Waals surface area contributed by atoms with Crippen LogP contribution >= 0.6 is 0 Å². The van der Waals surface area contributed by atoms with E-state index in [0.717, 1.165) is 12.0 Å². The van der Waals surface area contributed by atoms with Gasteiger partial charge < -0.3 is 9.84 Å². The average molecular weight is 295 g/mol. The van der Waals surface area contributed by atoms with Gasteiger partial charge in [0.05, 0.1) is 0 Å². The molecule has 0 radical (unpaired) electrons. The molecule has 1 rings (SSSR count). The normalized spacial score (nSPS) is 13.2. The molecule has 0 saturated heterocycles. The van der Waals surface area contributed by atoms with E-state index in [2.05, 4.69) is 0 Å². The van der Waals surface area contributed by atoms with Gasteiger partial charge in [-0.15, -0.1) is 0 Å². The van der Waals surface area contributed by atoms with Crippen LogP contribution in [0.4, 0.5) is 4.79 Å². The summed E-state index contributed by atoms with van der Waals surface area (Å²) in [5, 5.41) is 9.02. The molecule has 21 heavy (non-hydrogen) atoms. The highest BCUT2D eigenvalue weighted by Gasteiger charge is 2.22. The number of rotatable bonds is 8. The van der Waals surface area contributed by atoms with Crippen molar-refractivity contribution in [2.75, 3.05) is 0 Å². The third-order valence-electron chi connectivity index (χ3n) is 3.09. The number of amides is 1. The van der Waals surface area contributed by atoms with E-state index < -0.39 is 18.2 Å². The van der Waals surface area contributed by atoms with Crippen LogP contribution in [-0.4, -0.2) is 23.3 Å². The summed E-state index contributed by atoms with van der Waals surface area (Å²) in [7, 11) is 0. The largest absolute Gasteiger partial charge is 0.479 e. The standard InChI is InChI=1S/C15H21NO5/c1-3-11(2)9-13(14(17)18)21-16-15(19)20-10-12-7-5-4-6-8-12/h4-8,11,13H,3,9-10H2,1-2H3,(H,16,19)(H,17,18). The number of carbonyl (C=O) groups is 2. The molecule has 2 N–H and O–H groups in total. The van der Waals surface area contributed by atoms with Crippen molar-refractivity contribution >= 4 is 12.1 Å². The van der Waals surface area contributed by atoms with Crippen LogP contribution in [0.15, 0.2) is 30.3 Å². The topological polar surface area (TPSA) is 84.9 Å². The quantitative estimate of drug-likeness (QED) is 0.720. The summed E-state index contributed by atoms with van der Waals surface area (Å²) in [6.45, 7) is 3.98. The molecule has 2 unspecified atom stereocenters. The van der Waals surface area contributed by atoms with Gasteiger partial charge in [-0.1, -0.05) is 50.6 Å². The van der Waals surface area contributed by atoms with Gasteiger partial charge in [0.15, 0.2) is 6.10 Å². The van der Waals surface area contributed by atoms with Crippen LogP contribution in [0.5, 0.6) is 0 Å². The van der Waals surface area contributed by atoms with Gasteiger partial charge in [0.25, 0.3) is 0 Å². The highest BCUT2D eigenvalue weighted by atomic mass is 16.7. The molecule has 2 atom stereocenters. The van der Waals surface area contributed by atoms with E-state index in [1.165, 1.54) is 0 Å². The Labute approximate surface area is 124 Å². The predicted octanol–water partition coefficient (Wildman–Crippen LogP) is 2.73. The van der Waals surface area contributed by atoms with E-state index in [1.807, 2.05) is 49.7 Å². The van der Waals surface area contributed by atoms with Gasteiger partial charge in [-0.25, -0.2) is 9.59 Å². The van der Waals surface area contributed by atoms with Crippen molar-refractivity contribution in [2.45, 2.75) is 39.4 Å². The number of hydroxylamine groups is 1. The zero-order valence-corrected chi connectivity index (χ0v) is 12.2. The molecule has 0 heterocycles. The molecule has 1 amide bonds. The fraction of sp³-hybridized carbons (Fsp3) is 0.467. The molecular weight excluding hydrogens is 274 g/mol. The second-order valence-corrected chi connectivity index (χ2v) is 4.86. The second kappa shape index (κ2) is 8.97. The van der Waals surface area contributed by atoms with Crippen LogP contribution in [0.3, 0.4) is 0 Å². The minimum absolute atomic E-state index is 0.0964. The minimum atomic E-state index is -1.11. The Kier molecular flexibility index (Phi) is 7.25. The van der Waals surface area contributed by atoms with Crippen LogP contribution in [0.1, 0.15) is 32.3 Å². The number of benzene rings is 1. The second-order valence-electron chi connectivity index (χ2n) is 4.86. The molecule has 0 fully saturated rings. The molecule has 0 aromatic heterocycles. The predicted molar refractivity (Wildman–Crippen MR) is 76.3 cm³/mol. The van der Waals surface area contributed by atoms with Crippen LogP contribution < -0.4 is 5.48 Å². The lowest BCUT2D eigenvalue weighted by atomic mass is 10.0. The summed E-state index contributed by atoms with van der Waals surface area (Å²) in [5.41, 5.74) is 2.86. The number of hydrogen-bond acceptors (Lipinski definition) is 4. The Morgan fingerprint density at radius 3 is 2.52 bits per heavy atom. The van der Waals surface area contributed by atoms with Crippen molar-refractivity contribution in [2.24, 2.45) is 5.92 Å². The maximum absolute atomic E-state index is 11.4. The summed E-state index contributed by atoms with van der Waals surface area (Å²) in [6, 6.07) is 9.16. The summed E-state index contributed by atoms with van der Waals surface area (Å²) >= 11 is 0. The lowest BCUT2D eigenvalue weighted by Crippen LogP contribution is -2.35. The first-order valence-electron chi connectivity index (χ1n) is 6.88. The monoisotopic (exact) mass is 295 g/mol. The van der Waals surface area contributed by atoms with E-state index in [1.54, 1.807) is 0 Å². The summed E-state index contributed by atoms with van der Waals surface area (Å²) < 4.78 is 4.92. The first-order chi connectivity index (χ1) is 10.0. The van der Waals surface area contributed by atoms with Gasteiger partial charge in [-0.05, 0) is 17.9 Å². The van der Waals surface area contributed by atoms with E-state index in [-0.39, 0.29) is 12.5 Å². The molecule has 0 bridgehead atoms. The number of carbonyl (C=O) groups excluding carboxylic acids is 1. The van der Waals surface area contributed by atoms with Gasteiger partial charge in [0.2, 0.25) is 0 Å². The Balaban J connectivity index is 2.34. The Bertz CT molecular complexity index is 449. The molecular formula is C15H21NO5. The molecule has 0 aliphatic rings. The maximum atomic E-state index is 11.4. The van der Waals surface area contributed by atoms with E-state index in [4.69, 9.17) is 14.7 Å².